The van der Waals surface area contributed by atoms with Gasteiger partial charge in [0.25, 0.3) is 0 Å². The molecule has 1 saturated carbocycles. The van der Waals surface area contributed by atoms with E-state index in [9.17, 15) is 19.6 Å². The third-order valence-electron chi connectivity index (χ3n) is 8.15. The zero-order valence-corrected chi connectivity index (χ0v) is 21.9. The second-order valence-corrected chi connectivity index (χ2v) is 10.5. The molecule has 1 aliphatic heterocycles. The van der Waals surface area contributed by atoms with Gasteiger partial charge < -0.3 is 9.64 Å². The summed E-state index contributed by atoms with van der Waals surface area (Å²) in [5, 5.41) is 10.0. The number of carbonyl (C=O) groups is 3. The molecular weight excluding hydrogens is 466 g/mol. The second kappa shape index (κ2) is 11.2. The topological polar surface area (TPSA) is 90.7 Å². The maximum absolute atomic E-state index is 14.1. The van der Waals surface area contributed by atoms with E-state index in [1.165, 1.54) is 16.7 Å². The lowest BCUT2D eigenvalue weighted by molar-refractivity contribution is -0.137. The zero-order chi connectivity index (χ0) is 26.6. The predicted molar refractivity (Wildman–Crippen MR) is 139 cm³/mol. The molecule has 37 heavy (non-hydrogen) atoms. The van der Waals surface area contributed by atoms with Crippen LogP contribution in [0.25, 0.3) is 0 Å². The summed E-state index contributed by atoms with van der Waals surface area (Å²) in [6, 6.07) is 17.8. The first-order chi connectivity index (χ1) is 17.8. The summed E-state index contributed by atoms with van der Waals surface area (Å²) in [6.07, 6.45) is 3.32. The highest BCUT2D eigenvalue weighted by Crippen LogP contribution is 2.41. The van der Waals surface area contributed by atoms with Crippen molar-refractivity contribution in [3.05, 3.63) is 71.3 Å². The van der Waals surface area contributed by atoms with Crippen molar-refractivity contribution in [2.45, 2.75) is 70.1 Å². The van der Waals surface area contributed by atoms with Gasteiger partial charge in [0.1, 0.15) is 24.5 Å². The van der Waals surface area contributed by atoms with Crippen molar-refractivity contribution >= 4 is 17.8 Å². The van der Waals surface area contributed by atoms with Crippen molar-refractivity contribution in [1.29, 1.82) is 5.26 Å². The molecule has 2 aromatic carbocycles. The average Bonchev–Trinajstić information content (AvgIpc) is 3.28. The van der Waals surface area contributed by atoms with Crippen LogP contribution < -0.4 is 0 Å². The van der Waals surface area contributed by atoms with Crippen molar-refractivity contribution in [1.82, 2.24) is 9.80 Å². The Bertz CT molecular complexity index is 1190. The van der Waals surface area contributed by atoms with Gasteiger partial charge in [-0.2, -0.15) is 5.26 Å². The number of ketones is 1. The van der Waals surface area contributed by atoms with E-state index in [0.29, 0.717) is 12.3 Å². The Morgan fingerprint density at radius 1 is 1.14 bits per heavy atom. The average molecular weight is 502 g/mol. The predicted octanol–water partition coefficient (Wildman–Crippen LogP) is 4.77. The SMILES string of the molecule is CC(=O)[C@@]1(c2ccccc2C)C[C@@H](C#N)N(C(=O)[C@H](CC2CCC2)N(C)C(=O)OCc2ccccc2)C1. The largest absolute Gasteiger partial charge is 0.445 e. The molecule has 0 unspecified atom stereocenters. The van der Waals surface area contributed by atoms with Gasteiger partial charge in [-0.05, 0) is 49.3 Å². The third-order valence-corrected chi connectivity index (χ3v) is 8.15. The number of amides is 2. The normalized spacial score (nSPS) is 22.0. The van der Waals surface area contributed by atoms with Crippen LogP contribution in [0.5, 0.6) is 0 Å². The van der Waals surface area contributed by atoms with Crippen LogP contribution in [0.15, 0.2) is 54.6 Å². The smallest absolute Gasteiger partial charge is 0.410 e. The van der Waals surface area contributed by atoms with Gasteiger partial charge >= 0.3 is 6.09 Å². The maximum atomic E-state index is 14.1. The zero-order valence-electron chi connectivity index (χ0n) is 21.9. The van der Waals surface area contributed by atoms with Gasteiger partial charge in [-0.25, -0.2) is 4.79 Å². The lowest BCUT2D eigenvalue weighted by Crippen LogP contribution is -2.52. The van der Waals surface area contributed by atoms with E-state index < -0.39 is 23.6 Å². The Morgan fingerprint density at radius 3 is 2.41 bits per heavy atom. The Hall–Kier alpha value is -3.66. The van der Waals surface area contributed by atoms with Gasteiger partial charge in [0.2, 0.25) is 5.91 Å². The minimum atomic E-state index is -0.950. The van der Waals surface area contributed by atoms with E-state index in [2.05, 4.69) is 6.07 Å². The van der Waals surface area contributed by atoms with Crippen LogP contribution in [0.2, 0.25) is 0 Å². The number of likely N-dealkylation sites (tertiary alicyclic amines) is 1. The molecule has 4 rings (SSSR count). The number of ether oxygens (including phenoxy) is 1. The third kappa shape index (κ3) is 5.39. The molecule has 1 heterocycles. The van der Waals surface area contributed by atoms with Crippen molar-refractivity contribution in [3.8, 4) is 6.07 Å². The van der Waals surface area contributed by atoms with Gasteiger partial charge in [-0.15, -0.1) is 0 Å². The van der Waals surface area contributed by atoms with Crippen LogP contribution in [0.1, 0.15) is 55.7 Å². The number of rotatable bonds is 8. The summed E-state index contributed by atoms with van der Waals surface area (Å²) < 4.78 is 5.53. The molecule has 2 fully saturated rings. The molecule has 2 aliphatic rings. The van der Waals surface area contributed by atoms with Crippen LogP contribution in [0.4, 0.5) is 4.79 Å². The van der Waals surface area contributed by atoms with Gasteiger partial charge in [-0.3, -0.25) is 14.5 Å². The van der Waals surface area contributed by atoms with E-state index in [-0.39, 0.29) is 31.3 Å². The molecule has 3 atom stereocenters. The van der Waals surface area contributed by atoms with Gasteiger partial charge in [0.05, 0.1) is 11.5 Å². The van der Waals surface area contributed by atoms with E-state index >= 15 is 0 Å². The minimum Gasteiger partial charge on any atom is -0.445 e. The highest BCUT2D eigenvalue weighted by Gasteiger charge is 2.52. The monoisotopic (exact) mass is 501 g/mol. The Balaban J connectivity index is 1.58. The number of carbonyl (C=O) groups excluding carboxylic acids is 3. The summed E-state index contributed by atoms with van der Waals surface area (Å²) in [4.78, 5) is 43.1. The summed E-state index contributed by atoms with van der Waals surface area (Å²) in [6.45, 7) is 3.72. The Labute approximate surface area is 219 Å². The number of nitriles is 1. The number of Topliss-reactive ketones (excluding diaryl/α,β-unsaturated/α-hetero) is 1. The summed E-state index contributed by atoms with van der Waals surface area (Å²) in [5.41, 5.74) is 1.72. The van der Waals surface area contributed by atoms with E-state index in [1.54, 1.807) is 7.05 Å². The number of aryl methyl sites for hydroxylation is 1. The molecule has 7 nitrogen and oxygen atoms in total. The molecule has 1 aliphatic carbocycles. The molecule has 194 valence electrons. The minimum absolute atomic E-state index is 0.0662. The maximum Gasteiger partial charge on any atom is 0.410 e. The number of hydrogen-bond donors (Lipinski definition) is 0. The molecule has 7 heteroatoms. The van der Waals surface area contributed by atoms with Crippen molar-refractivity contribution in [2.75, 3.05) is 13.6 Å². The Morgan fingerprint density at radius 2 is 1.81 bits per heavy atom. The number of benzene rings is 2. The molecule has 1 saturated heterocycles. The quantitative estimate of drug-likeness (QED) is 0.520. The van der Waals surface area contributed by atoms with Crippen LogP contribution in [-0.4, -0.2) is 53.3 Å². The number of nitrogens with zero attached hydrogens (tertiary/aromatic N) is 3. The number of hydrogen-bond acceptors (Lipinski definition) is 5. The summed E-state index contributed by atoms with van der Waals surface area (Å²) in [7, 11) is 1.59. The molecule has 0 radical (unpaired) electrons. The van der Waals surface area contributed by atoms with Crippen LogP contribution >= 0.6 is 0 Å². The molecule has 0 bridgehead atoms. The Kier molecular flexibility index (Phi) is 7.97. The highest BCUT2D eigenvalue weighted by atomic mass is 16.6. The molecule has 0 spiro atoms. The fourth-order valence-electron chi connectivity index (χ4n) is 5.61. The molecular formula is C30H35N3O4. The first kappa shape index (κ1) is 26.4. The lowest BCUT2D eigenvalue weighted by atomic mass is 9.74. The van der Waals surface area contributed by atoms with Crippen molar-refractivity contribution < 1.29 is 19.1 Å². The molecule has 2 aromatic rings. The molecule has 0 N–H and O–H groups in total. The van der Waals surface area contributed by atoms with Gasteiger partial charge in [0, 0.05) is 13.6 Å². The molecule has 0 aromatic heterocycles. The van der Waals surface area contributed by atoms with Crippen LogP contribution in [-0.2, 0) is 26.3 Å². The van der Waals surface area contributed by atoms with E-state index in [0.717, 1.165) is 36.0 Å². The van der Waals surface area contributed by atoms with Gasteiger partial charge in [0.15, 0.2) is 0 Å². The summed E-state index contributed by atoms with van der Waals surface area (Å²) >= 11 is 0. The fraction of sp³-hybridized carbons (Fsp3) is 0.467. The molecule has 2 amide bonds. The summed E-state index contributed by atoms with van der Waals surface area (Å²) in [5.74, 6) is -0.0202. The lowest BCUT2D eigenvalue weighted by Gasteiger charge is -2.36. The van der Waals surface area contributed by atoms with Crippen molar-refractivity contribution in [3.63, 3.8) is 0 Å². The first-order valence-electron chi connectivity index (χ1n) is 13.0. The highest BCUT2D eigenvalue weighted by molar-refractivity contribution is 5.92. The van der Waals surface area contributed by atoms with E-state index in [4.69, 9.17) is 4.74 Å². The second-order valence-electron chi connectivity index (χ2n) is 10.5. The van der Waals surface area contributed by atoms with Gasteiger partial charge in [-0.1, -0.05) is 73.9 Å². The first-order valence-corrected chi connectivity index (χ1v) is 13.0. The number of likely N-dealkylation sites (N-methyl/N-ethyl adjacent to an activating group) is 1. The van der Waals surface area contributed by atoms with Crippen LogP contribution in [0, 0.1) is 24.2 Å². The van der Waals surface area contributed by atoms with Crippen molar-refractivity contribution in [2.24, 2.45) is 5.92 Å². The van der Waals surface area contributed by atoms with Crippen LogP contribution in [0.3, 0.4) is 0 Å². The van der Waals surface area contributed by atoms with E-state index in [1.807, 2.05) is 61.5 Å². The standard InChI is InChI=1S/C30H35N3O4/c1-21-10-7-8-15-26(21)30(22(2)34)17-25(18-31)33(20-30)28(35)27(16-23-13-9-14-23)32(3)29(36)37-19-24-11-5-4-6-12-24/h4-8,10-12,15,23,25,27H,9,13-14,16-17,19-20H2,1-3H3/t25-,27-,30+/m0/s1. The fourth-order valence-corrected chi connectivity index (χ4v) is 5.61.